The van der Waals surface area contributed by atoms with Crippen LogP contribution in [0.15, 0.2) is 41.6 Å². The Morgan fingerprint density at radius 2 is 1.90 bits per heavy atom. The van der Waals surface area contributed by atoms with Crippen LogP contribution in [0.3, 0.4) is 0 Å². The third-order valence-corrected chi connectivity index (χ3v) is 3.13. The number of aromatic nitrogens is 5. The maximum atomic E-state index is 12.1. The summed E-state index contributed by atoms with van der Waals surface area (Å²) < 4.78 is 1.54. The third-order valence-electron chi connectivity index (χ3n) is 3.13. The van der Waals surface area contributed by atoms with Gasteiger partial charge in [0.15, 0.2) is 5.82 Å². The van der Waals surface area contributed by atoms with Gasteiger partial charge in [-0.3, -0.25) is 4.98 Å². The Labute approximate surface area is 115 Å². The Morgan fingerprint density at radius 1 is 1.15 bits per heavy atom. The molecular weight excluding hydrogens is 254 g/mol. The van der Waals surface area contributed by atoms with Crippen molar-refractivity contribution in [3.8, 4) is 17.2 Å². The summed E-state index contributed by atoms with van der Waals surface area (Å²) in [4.78, 5) is 20.3. The molecule has 0 bridgehead atoms. The number of hydrogen-bond donors (Lipinski definition) is 1. The second-order valence-corrected chi connectivity index (χ2v) is 4.52. The van der Waals surface area contributed by atoms with Crippen LogP contribution in [0.4, 0.5) is 0 Å². The molecule has 2 heterocycles. The highest BCUT2D eigenvalue weighted by Gasteiger charge is 2.16. The first-order chi connectivity index (χ1) is 9.68. The number of rotatable bonds is 2. The molecule has 6 nitrogen and oxygen atoms in total. The molecule has 0 spiro atoms. The lowest BCUT2D eigenvalue weighted by Crippen LogP contribution is -2.18. The van der Waals surface area contributed by atoms with Gasteiger partial charge in [-0.1, -0.05) is 18.2 Å². The maximum absolute atomic E-state index is 12.1. The average molecular weight is 267 g/mol. The lowest BCUT2D eigenvalue weighted by molar-refractivity contribution is 0.961. The van der Waals surface area contributed by atoms with Gasteiger partial charge in [-0.15, -0.1) is 0 Å². The zero-order valence-corrected chi connectivity index (χ0v) is 11.2. The lowest BCUT2D eigenvalue weighted by atomic mass is 10.1. The van der Waals surface area contributed by atoms with Crippen molar-refractivity contribution in [1.82, 2.24) is 24.7 Å². The first-order valence-corrected chi connectivity index (χ1v) is 6.19. The van der Waals surface area contributed by atoms with Crippen LogP contribution in [0.25, 0.3) is 17.2 Å². The van der Waals surface area contributed by atoms with Gasteiger partial charge in [0.1, 0.15) is 5.69 Å². The highest BCUT2D eigenvalue weighted by molar-refractivity contribution is 5.56. The van der Waals surface area contributed by atoms with Gasteiger partial charge in [0, 0.05) is 12.4 Å². The molecule has 0 saturated carbocycles. The number of nitrogens with zero attached hydrogens (tertiary/aromatic N) is 4. The van der Waals surface area contributed by atoms with E-state index in [1.165, 1.54) is 4.57 Å². The van der Waals surface area contributed by atoms with E-state index < -0.39 is 0 Å². The molecule has 0 amide bonds. The minimum absolute atomic E-state index is 0.289. The van der Waals surface area contributed by atoms with Crippen LogP contribution in [-0.2, 0) is 0 Å². The van der Waals surface area contributed by atoms with Crippen molar-refractivity contribution < 1.29 is 0 Å². The fraction of sp³-hybridized carbons (Fsp3) is 0.143. The molecule has 3 rings (SSSR count). The molecular formula is C14H13N5O. The Morgan fingerprint density at radius 3 is 2.55 bits per heavy atom. The van der Waals surface area contributed by atoms with Crippen LogP contribution in [0.1, 0.15) is 11.1 Å². The molecule has 3 aromatic rings. The van der Waals surface area contributed by atoms with Gasteiger partial charge < -0.3 is 0 Å². The fourth-order valence-corrected chi connectivity index (χ4v) is 2.25. The predicted molar refractivity (Wildman–Crippen MR) is 74.7 cm³/mol. The summed E-state index contributed by atoms with van der Waals surface area (Å²) in [5.74, 6) is 0.459. The van der Waals surface area contributed by atoms with E-state index in [9.17, 15) is 4.79 Å². The first-order valence-electron chi connectivity index (χ1n) is 6.19. The predicted octanol–water partition coefficient (Wildman–Crippen LogP) is 1.63. The van der Waals surface area contributed by atoms with Crippen molar-refractivity contribution in [3.05, 3.63) is 58.4 Å². The molecule has 0 saturated heterocycles. The van der Waals surface area contributed by atoms with Gasteiger partial charge in [-0.05, 0) is 25.0 Å². The van der Waals surface area contributed by atoms with E-state index in [4.69, 9.17) is 0 Å². The summed E-state index contributed by atoms with van der Waals surface area (Å²) in [7, 11) is 0. The molecule has 6 heteroatoms. The Balaban J connectivity index is 2.31. The smallest absolute Gasteiger partial charge is 0.261 e. The van der Waals surface area contributed by atoms with Crippen LogP contribution in [-0.4, -0.2) is 24.7 Å². The molecule has 0 aliphatic carbocycles. The molecule has 2 aromatic heterocycles. The van der Waals surface area contributed by atoms with Crippen LogP contribution in [0.5, 0.6) is 0 Å². The number of hydrogen-bond acceptors (Lipinski definition) is 4. The Bertz CT molecular complexity index is 784. The number of aryl methyl sites for hydroxylation is 2. The van der Waals surface area contributed by atoms with E-state index >= 15 is 0 Å². The van der Waals surface area contributed by atoms with Crippen LogP contribution in [0.2, 0.25) is 0 Å². The minimum atomic E-state index is -0.289. The molecule has 1 N–H and O–H groups in total. The summed E-state index contributed by atoms with van der Waals surface area (Å²) >= 11 is 0. The normalized spacial score (nSPS) is 10.7. The van der Waals surface area contributed by atoms with Gasteiger partial charge in [0.2, 0.25) is 0 Å². The van der Waals surface area contributed by atoms with Crippen LogP contribution in [0, 0.1) is 13.8 Å². The van der Waals surface area contributed by atoms with E-state index in [0.717, 1.165) is 16.8 Å². The van der Waals surface area contributed by atoms with Crippen molar-refractivity contribution in [3.63, 3.8) is 0 Å². The lowest BCUT2D eigenvalue weighted by Gasteiger charge is -2.11. The van der Waals surface area contributed by atoms with Crippen molar-refractivity contribution in [1.29, 1.82) is 0 Å². The summed E-state index contributed by atoms with van der Waals surface area (Å²) in [5.41, 5.74) is 3.08. The molecule has 20 heavy (non-hydrogen) atoms. The molecule has 0 unspecified atom stereocenters. The van der Waals surface area contributed by atoms with Crippen molar-refractivity contribution in [2.45, 2.75) is 13.8 Å². The zero-order valence-electron chi connectivity index (χ0n) is 11.2. The Kier molecular flexibility index (Phi) is 2.90. The van der Waals surface area contributed by atoms with Crippen LogP contribution < -0.4 is 5.69 Å². The second kappa shape index (κ2) is 4.73. The quantitative estimate of drug-likeness (QED) is 0.765. The van der Waals surface area contributed by atoms with Crippen molar-refractivity contribution in [2.24, 2.45) is 0 Å². The SMILES string of the molecule is Cc1cccc(C)c1-n1c(-c2cnccn2)n[nH]c1=O. The van der Waals surface area contributed by atoms with Gasteiger partial charge >= 0.3 is 5.69 Å². The zero-order chi connectivity index (χ0) is 14.1. The van der Waals surface area contributed by atoms with E-state index in [1.54, 1.807) is 18.6 Å². The Hall–Kier alpha value is -2.76. The summed E-state index contributed by atoms with van der Waals surface area (Å²) in [6.07, 6.45) is 4.74. The monoisotopic (exact) mass is 267 g/mol. The molecule has 0 atom stereocenters. The number of nitrogens with one attached hydrogen (secondary N) is 1. The van der Waals surface area contributed by atoms with Crippen molar-refractivity contribution in [2.75, 3.05) is 0 Å². The topological polar surface area (TPSA) is 76.5 Å². The fourth-order valence-electron chi connectivity index (χ4n) is 2.25. The molecule has 100 valence electrons. The average Bonchev–Trinajstić information content (AvgIpc) is 2.82. The first kappa shape index (κ1) is 12.3. The van der Waals surface area contributed by atoms with E-state index in [0.29, 0.717) is 11.5 Å². The number of H-pyrrole nitrogens is 1. The van der Waals surface area contributed by atoms with Crippen molar-refractivity contribution >= 4 is 0 Å². The van der Waals surface area contributed by atoms with E-state index in [-0.39, 0.29) is 5.69 Å². The largest absolute Gasteiger partial charge is 0.348 e. The van der Waals surface area contributed by atoms with Crippen LogP contribution >= 0.6 is 0 Å². The standard InChI is InChI=1S/C14H13N5O/c1-9-4-3-5-10(2)12(9)19-13(17-18-14(19)20)11-8-15-6-7-16-11/h3-8H,1-2H3,(H,18,20). The van der Waals surface area contributed by atoms with Gasteiger partial charge in [0.25, 0.3) is 0 Å². The van der Waals surface area contributed by atoms with E-state index in [2.05, 4.69) is 20.2 Å². The summed E-state index contributed by atoms with van der Waals surface area (Å²) in [5, 5.41) is 6.55. The summed E-state index contributed by atoms with van der Waals surface area (Å²) in [6, 6.07) is 5.88. The van der Waals surface area contributed by atoms with Gasteiger partial charge in [-0.25, -0.2) is 19.4 Å². The number of benzene rings is 1. The van der Waals surface area contributed by atoms with Gasteiger partial charge in [0.05, 0.1) is 11.9 Å². The molecule has 0 aliphatic heterocycles. The maximum Gasteiger partial charge on any atom is 0.348 e. The number of aromatic amines is 1. The second-order valence-electron chi connectivity index (χ2n) is 4.52. The highest BCUT2D eigenvalue weighted by atomic mass is 16.1. The van der Waals surface area contributed by atoms with Gasteiger partial charge in [-0.2, -0.15) is 5.10 Å². The summed E-state index contributed by atoms with van der Waals surface area (Å²) in [6.45, 7) is 3.92. The molecule has 0 fully saturated rings. The number of para-hydroxylation sites is 1. The molecule has 1 aromatic carbocycles. The minimum Gasteiger partial charge on any atom is -0.261 e. The molecule has 0 radical (unpaired) electrons. The molecule has 0 aliphatic rings. The highest BCUT2D eigenvalue weighted by Crippen LogP contribution is 2.21. The van der Waals surface area contributed by atoms with E-state index in [1.807, 2.05) is 32.0 Å². The third kappa shape index (κ3) is 1.91.